The monoisotopic (exact) mass is 431 g/mol. The summed E-state index contributed by atoms with van der Waals surface area (Å²) in [5.41, 5.74) is 4.14. The summed E-state index contributed by atoms with van der Waals surface area (Å²) in [6.07, 6.45) is 1.27. The Bertz CT molecular complexity index is 1150. The zero-order chi connectivity index (χ0) is 22.8. The molecular formula is C23H21N5O4. The highest BCUT2D eigenvalue weighted by Gasteiger charge is 2.12. The van der Waals surface area contributed by atoms with Gasteiger partial charge in [0.2, 0.25) is 0 Å². The minimum absolute atomic E-state index is 0.0360. The number of para-hydroxylation sites is 1. The first-order valence-corrected chi connectivity index (χ1v) is 9.60. The summed E-state index contributed by atoms with van der Waals surface area (Å²) in [6.45, 7) is -0.286. The molecule has 0 radical (unpaired) electrons. The molecule has 32 heavy (non-hydrogen) atoms. The predicted molar refractivity (Wildman–Crippen MR) is 120 cm³/mol. The zero-order valence-electron chi connectivity index (χ0n) is 17.2. The average Bonchev–Trinajstić information content (AvgIpc) is 2.83. The van der Waals surface area contributed by atoms with Crippen molar-refractivity contribution in [2.24, 2.45) is 15.3 Å². The van der Waals surface area contributed by atoms with Gasteiger partial charge in [-0.1, -0.05) is 30.3 Å². The number of ether oxygens (including phenoxy) is 1. The minimum atomic E-state index is -0.538. The van der Waals surface area contributed by atoms with Crippen molar-refractivity contribution >= 4 is 29.4 Å². The normalized spacial score (nSPS) is 10.9. The van der Waals surface area contributed by atoms with Gasteiger partial charge in [0, 0.05) is 5.56 Å². The van der Waals surface area contributed by atoms with Gasteiger partial charge < -0.3 is 15.2 Å². The Hall–Kier alpha value is -4.53. The Balaban J connectivity index is 1.55. The summed E-state index contributed by atoms with van der Waals surface area (Å²) >= 11 is 0. The van der Waals surface area contributed by atoms with E-state index in [0.717, 1.165) is 0 Å². The van der Waals surface area contributed by atoms with E-state index in [1.54, 1.807) is 36.4 Å². The van der Waals surface area contributed by atoms with Crippen LogP contribution in [0.25, 0.3) is 0 Å². The summed E-state index contributed by atoms with van der Waals surface area (Å²) < 4.78 is 5.13. The van der Waals surface area contributed by atoms with Crippen molar-refractivity contribution in [3.05, 3.63) is 83.9 Å². The maximum absolute atomic E-state index is 12.2. The topological polar surface area (TPSA) is 125 Å². The van der Waals surface area contributed by atoms with E-state index in [-0.39, 0.29) is 12.3 Å². The van der Waals surface area contributed by atoms with Gasteiger partial charge in [-0.15, -0.1) is 0 Å². The molecule has 9 heteroatoms. The number of aromatic hydroxyl groups is 1. The molecule has 0 aliphatic heterocycles. The Kier molecular flexibility index (Phi) is 7.63. The first-order valence-electron chi connectivity index (χ1n) is 9.60. The quantitative estimate of drug-likeness (QED) is 0.286. The second-order valence-electron chi connectivity index (χ2n) is 6.45. The maximum atomic E-state index is 12.2. The van der Waals surface area contributed by atoms with Crippen LogP contribution in [0.3, 0.4) is 0 Å². The number of hydrogen-bond donors (Lipinski definition) is 3. The van der Waals surface area contributed by atoms with Crippen LogP contribution < -0.4 is 15.5 Å². The van der Waals surface area contributed by atoms with Gasteiger partial charge in [0.15, 0.2) is 0 Å². The van der Waals surface area contributed by atoms with Crippen LogP contribution in [-0.2, 0) is 4.79 Å². The van der Waals surface area contributed by atoms with Crippen LogP contribution in [0.5, 0.6) is 11.5 Å². The fraction of sp³-hybridized carbons (Fsp3) is 0.0870. The molecule has 3 rings (SSSR count). The Morgan fingerprint density at radius 3 is 2.47 bits per heavy atom. The van der Waals surface area contributed by atoms with E-state index in [4.69, 9.17) is 4.74 Å². The smallest absolute Gasteiger partial charge is 0.259 e. The number of phenols is 1. The van der Waals surface area contributed by atoms with Gasteiger partial charge in [-0.2, -0.15) is 15.3 Å². The molecule has 0 aliphatic rings. The number of nitrogens with one attached hydrogen (secondary N) is 2. The van der Waals surface area contributed by atoms with Crippen LogP contribution in [0.2, 0.25) is 0 Å². The fourth-order valence-electron chi connectivity index (χ4n) is 2.62. The number of rotatable bonds is 8. The van der Waals surface area contributed by atoms with Crippen LogP contribution in [-0.4, -0.2) is 36.8 Å². The second-order valence-corrected chi connectivity index (χ2v) is 6.45. The van der Waals surface area contributed by atoms with E-state index in [1.807, 2.05) is 30.3 Å². The lowest BCUT2D eigenvalue weighted by Crippen LogP contribution is -2.35. The molecule has 0 saturated heterocycles. The number of phenolic OH excluding ortho intramolecular Hbond substituents is 1. The highest BCUT2D eigenvalue weighted by Crippen LogP contribution is 2.24. The van der Waals surface area contributed by atoms with Gasteiger partial charge in [-0.3, -0.25) is 9.59 Å². The molecule has 0 fully saturated rings. The van der Waals surface area contributed by atoms with Gasteiger partial charge in [0.25, 0.3) is 11.8 Å². The Morgan fingerprint density at radius 1 is 0.969 bits per heavy atom. The predicted octanol–water partition coefficient (Wildman–Crippen LogP) is 3.70. The molecule has 0 unspecified atom stereocenters. The maximum Gasteiger partial charge on any atom is 0.259 e. The van der Waals surface area contributed by atoms with Crippen LogP contribution in [0.4, 0.5) is 11.4 Å². The van der Waals surface area contributed by atoms with Crippen molar-refractivity contribution in [2.75, 3.05) is 13.7 Å². The summed E-state index contributed by atoms with van der Waals surface area (Å²) in [7, 11) is 1.46. The summed E-state index contributed by atoms with van der Waals surface area (Å²) in [6, 6.07) is 20.5. The van der Waals surface area contributed by atoms with Gasteiger partial charge in [0.05, 0.1) is 36.8 Å². The fourth-order valence-corrected chi connectivity index (χ4v) is 2.62. The Labute approximate surface area is 184 Å². The van der Waals surface area contributed by atoms with Crippen LogP contribution in [0.1, 0.15) is 15.9 Å². The Morgan fingerprint density at radius 2 is 1.69 bits per heavy atom. The molecule has 0 aliphatic carbocycles. The molecule has 3 aromatic rings. The van der Waals surface area contributed by atoms with Crippen molar-refractivity contribution in [3.8, 4) is 11.5 Å². The van der Waals surface area contributed by atoms with Crippen molar-refractivity contribution in [1.82, 2.24) is 10.7 Å². The summed E-state index contributed by atoms with van der Waals surface area (Å²) in [5.74, 6) is -0.617. The van der Waals surface area contributed by atoms with Gasteiger partial charge in [0.1, 0.15) is 11.5 Å². The van der Waals surface area contributed by atoms with E-state index < -0.39 is 11.8 Å². The first kappa shape index (κ1) is 22.2. The molecule has 0 bridgehead atoms. The summed E-state index contributed by atoms with van der Waals surface area (Å²) in [5, 5.41) is 24.5. The highest BCUT2D eigenvalue weighted by molar-refractivity contribution is 5.98. The molecule has 0 atom stereocenters. The third kappa shape index (κ3) is 6.23. The highest BCUT2D eigenvalue weighted by atomic mass is 16.5. The van der Waals surface area contributed by atoms with E-state index in [9.17, 15) is 14.7 Å². The lowest BCUT2D eigenvalue weighted by Gasteiger charge is -2.08. The first-order chi connectivity index (χ1) is 15.6. The number of methoxy groups -OCH3 is 1. The molecule has 2 amide bonds. The molecule has 0 heterocycles. The third-order valence-corrected chi connectivity index (χ3v) is 4.20. The van der Waals surface area contributed by atoms with E-state index in [0.29, 0.717) is 28.3 Å². The van der Waals surface area contributed by atoms with E-state index in [2.05, 4.69) is 26.1 Å². The molecule has 3 aromatic carbocycles. The van der Waals surface area contributed by atoms with Crippen molar-refractivity contribution in [1.29, 1.82) is 0 Å². The molecular weight excluding hydrogens is 410 g/mol. The molecule has 0 aromatic heterocycles. The zero-order valence-corrected chi connectivity index (χ0v) is 17.2. The summed E-state index contributed by atoms with van der Waals surface area (Å²) in [4.78, 5) is 24.2. The van der Waals surface area contributed by atoms with E-state index in [1.165, 1.54) is 19.4 Å². The number of hydrogen-bond acceptors (Lipinski definition) is 7. The lowest BCUT2D eigenvalue weighted by molar-refractivity contribution is -0.120. The largest absolute Gasteiger partial charge is 0.507 e. The second kappa shape index (κ2) is 11.0. The number of hydrazone groups is 1. The van der Waals surface area contributed by atoms with Gasteiger partial charge in [-0.25, -0.2) is 5.43 Å². The van der Waals surface area contributed by atoms with Gasteiger partial charge in [-0.05, 0) is 42.5 Å². The van der Waals surface area contributed by atoms with Crippen LogP contribution in [0.15, 0.2) is 88.1 Å². The molecule has 9 nitrogen and oxygen atoms in total. The standard InChI is InChI=1S/C23H21N5O4/c1-32-21-10-6-5-9-19(21)23(31)24-15-22(30)28-25-14-16-13-18(11-12-20(16)29)27-26-17-7-3-2-4-8-17/h2-14,29H,15H2,1H3,(H,24,31)(H,28,30)/b25-14+,27-26?. The third-order valence-electron chi connectivity index (χ3n) is 4.20. The average molecular weight is 431 g/mol. The minimum Gasteiger partial charge on any atom is -0.507 e. The van der Waals surface area contributed by atoms with Gasteiger partial charge >= 0.3 is 0 Å². The number of benzene rings is 3. The van der Waals surface area contributed by atoms with E-state index >= 15 is 0 Å². The molecule has 0 saturated carbocycles. The number of carbonyl (C=O) groups excluding carboxylic acids is 2. The number of amides is 2. The number of azo groups is 1. The van der Waals surface area contributed by atoms with Crippen molar-refractivity contribution in [2.45, 2.75) is 0 Å². The lowest BCUT2D eigenvalue weighted by atomic mass is 10.2. The van der Waals surface area contributed by atoms with Crippen LogP contribution in [0, 0.1) is 0 Å². The SMILES string of the molecule is COc1ccccc1C(=O)NCC(=O)N/N=C/c1cc(N=Nc2ccccc2)ccc1O. The van der Waals surface area contributed by atoms with Crippen molar-refractivity contribution in [3.63, 3.8) is 0 Å². The van der Waals surface area contributed by atoms with Crippen molar-refractivity contribution < 1.29 is 19.4 Å². The molecule has 0 spiro atoms. The number of nitrogens with zero attached hydrogens (tertiary/aromatic N) is 3. The molecule has 3 N–H and O–H groups in total. The van der Waals surface area contributed by atoms with Crippen LogP contribution >= 0.6 is 0 Å². The number of carbonyl (C=O) groups is 2. The molecule has 162 valence electrons.